The van der Waals surface area contributed by atoms with E-state index in [1.54, 1.807) is 11.8 Å². The summed E-state index contributed by atoms with van der Waals surface area (Å²) in [6.45, 7) is -4.57. The maximum absolute atomic E-state index is 11.6. The van der Waals surface area contributed by atoms with E-state index in [-0.39, 0.29) is 51.4 Å². The second-order valence-corrected chi connectivity index (χ2v) is 4.27. The smallest absolute Gasteiger partial charge is 0.448 e. The third-order valence-corrected chi connectivity index (χ3v) is 2.83. The fourth-order valence-electron chi connectivity index (χ4n) is 0.522. The van der Waals surface area contributed by atoms with Crippen LogP contribution in [0.25, 0.3) is 0 Å². The summed E-state index contributed by atoms with van der Waals surface area (Å²) >= 11 is 2.66. The molecular weight excluding hydrogens is 231 g/mol. The van der Waals surface area contributed by atoms with Crippen molar-refractivity contribution in [2.24, 2.45) is 0 Å². The Hall–Kier alpha value is 2.19. The first-order valence-electron chi connectivity index (χ1n) is 3.34. The Morgan fingerprint density at radius 3 is 2.17 bits per heavy atom. The molecule has 0 aromatic rings. The zero-order valence-corrected chi connectivity index (χ0v) is 12.1. The summed E-state index contributed by atoms with van der Waals surface area (Å²) < 4.78 is 34.8. The third-order valence-electron chi connectivity index (χ3n) is 0.944. The minimum Gasteiger partial charge on any atom is -0.448 e. The molecule has 0 aromatic carbocycles. The fourth-order valence-corrected chi connectivity index (χ4v) is 1.92. The van der Waals surface area contributed by atoms with Crippen LogP contribution in [0.15, 0.2) is 0 Å². The standard InChI is InChI=1S/C5H11BF3S2.K/c1-10-3-2-4-11-5-6(7,8)9;/h2-5H2,1H3;/q-1;+1. The van der Waals surface area contributed by atoms with Crippen molar-refractivity contribution in [2.45, 2.75) is 6.42 Å². The van der Waals surface area contributed by atoms with Crippen LogP contribution < -0.4 is 51.4 Å². The fraction of sp³-hybridized carbons (Fsp3) is 1.00. The summed E-state index contributed by atoms with van der Waals surface area (Å²) in [5.74, 6) is 1.58. The third kappa shape index (κ3) is 14.7. The van der Waals surface area contributed by atoms with Gasteiger partial charge >= 0.3 is 58.4 Å². The molecule has 0 aromatic heterocycles. The predicted octanol–water partition coefficient (Wildman–Crippen LogP) is -0.137. The summed E-state index contributed by atoms with van der Waals surface area (Å²) in [6, 6.07) is 0. The van der Waals surface area contributed by atoms with Crippen molar-refractivity contribution in [1.29, 1.82) is 0 Å². The van der Waals surface area contributed by atoms with Gasteiger partial charge in [-0.3, -0.25) is 0 Å². The topological polar surface area (TPSA) is 0 Å². The van der Waals surface area contributed by atoms with E-state index in [1.807, 2.05) is 6.26 Å². The molecule has 0 unspecified atom stereocenters. The van der Waals surface area contributed by atoms with Gasteiger partial charge in [-0.2, -0.15) is 23.5 Å². The first-order valence-corrected chi connectivity index (χ1v) is 5.89. The maximum Gasteiger partial charge on any atom is 1.00 e. The number of thioether (sulfide) groups is 2. The van der Waals surface area contributed by atoms with Crippen LogP contribution in [-0.2, 0) is 0 Å². The van der Waals surface area contributed by atoms with Gasteiger partial charge in [0.2, 0.25) is 0 Å². The van der Waals surface area contributed by atoms with Gasteiger partial charge in [0, 0.05) is 0 Å². The van der Waals surface area contributed by atoms with Crippen LogP contribution in [0.5, 0.6) is 0 Å². The van der Waals surface area contributed by atoms with Crippen molar-refractivity contribution in [2.75, 3.05) is 23.4 Å². The SMILES string of the molecule is CSCCCSC[B-](F)(F)F.[K+]. The maximum atomic E-state index is 11.6. The molecule has 12 heavy (non-hydrogen) atoms. The molecule has 0 heterocycles. The molecule has 0 saturated heterocycles. The number of rotatable bonds is 6. The molecule has 0 rings (SSSR count). The average Bonchev–Trinajstić information content (AvgIpc) is 1.85. The zero-order chi connectivity index (χ0) is 8.74. The molecule has 0 saturated carbocycles. The van der Waals surface area contributed by atoms with E-state index in [9.17, 15) is 12.9 Å². The molecule has 0 fully saturated rings. The van der Waals surface area contributed by atoms with E-state index in [1.165, 1.54) is 0 Å². The van der Waals surface area contributed by atoms with E-state index >= 15 is 0 Å². The molecule has 68 valence electrons. The van der Waals surface area contributed by atoms with Crippen LogP contribution in [0.3, 0.4) is 0 Å². The number of hydrogen-bond donors (Lipinski definition) is 0. The van der Waals surface area contributed by atoms with Gasteiger partial charge in [0.05, 0.1) is 0 Å². The normalized spacial score (nSPS) is 11.0. The van der Waals surface area contributed by atoms with Crippen LogP contribution in [-0.4, -0.2) is 30.4 Å². The second kappa shape index (κ2) is 9.74. The van der Waals surface area contributed by atoms with Crippen molar-refractivity contribution in [3.8, 4) is 0 Å². The zero-order valence-electron chi connectivity index (χ0n) is 7.36. The van der Waals surface area contributed by atoms with Gasteiger partial charge in [0.1, 0.15) is 0 Å². The molecular formula is C5H11BF3KS2. The van der Waals surface area contributed by atoms with Gasteiger partial charge in [-0.25, -0.2) is 0 Å². The summed E-state index contributed by atoms with van der Waals surface area (Å²) in [7, 11) is 0. The van der Waals surface area contributed by atoms with E-state index in [0.29, 0.717) is 5.75 Å². The molecule has 7 heteroatoms. The number of hydrogen-bond acceptors (Lipinski definition) is 2. The van der Waals surface area contributed by atoms with E-state index in [2.05, 4.69) is 0 Å². The van der Waals surface area contributed by atoms with Crippen molar-refractivity contribution in [3.05, 3.63) is 0 Å². The Morgan fingerprint density at radius 2 is 1.75 bits per heavy atom. The molecule has 0 spiro atoms. The second-order valence-electron chi connectivity index (χ2n) is 2.13. The van der Waals surface area contributed by atoms with E-state index in [0.717, 1.165) is 23.9 Å². The Balaban J connectivity index is 0. The molecule has 0 amide bonds. The first-order chi connectivity index (χ1) is 5.06. The van der Waals surface area contributed by atoms with Crippen molar-refractivity contribution < 1.29 is 64.3 Å². The summed E-state index contributed by atoms with van der Waals surface area (Å²) in [6.07, 6.45) is 2.83. The van der Waals surface area contributed by atoms with Crippen LogP contribution >= 0.6 is 23.5 Å². The van der Waals surface area contributed by atoms with Gasteiger partial charge in [0.25, 0.3) is 0 Å². The molecule has 0 N–H and O–H groups in total. The first kappa shape index (κ1) is 16.6. The molecule has 0 aliphatic rings. The largest absolute Gasteiger partial charge is 1.00 e. The minimum absolute atomic E-state index is 0. The van der Waals surface area contributed by atoms with Gasteiger partial charge in [-0.05, 0) is 29.8 Å². The van der Waals surface area contributed by atoms with Gasteiger partial charge in [0.15, 0.2) is 0 Å². The van der Waals surface area contributed by atoms with Crippen molar-refractivity contribution >= 4 is 30.5 Å². The Labute approximate surface area is 123 Å². The quantitative estimate of drug-likeness (QED) is 0.470. The van der Waals surface area contributed by atoms with Crippen molar-refractivity contribution in [3.63, 3.8) is 0 Å². The van der Waals surface area contributed by atoms with E-state index < -0.39 is 12.6 Å². The monoisotopic (exact) mass is 242 g/mol. The van der Waals surface area contributed by atoms with Crippen LogP contribution in [0, 0.1) is 0 Å². The number of halogens is 3. The molecule has 0 aliphatic heterocycles. The van der Waals surface area contributed by atoms with Gasteiger partial charge < -0.3 is 12.9 Å². The summed E-state index contributed by atoms with van der Waals surface area (Å²) in [5.41, 5.74) is -0.644. The Kier molecular flexibility index (Phi) is 13.5. The molecule has 0 radical (unpaired) electrons. The minimum atomic E-state index is -4.57. The average molecular weight is 242 g/mol. The Morgan fingerprint density at radius 1 is 1.17 bits per heavy atom. The molecule has 0 nitrogen and oxygen atoms in total. The van der Waals surface area contributed by atoms with Crippen LogP contribution in [0.4, 0.5) is 12.9 Å². The van der Waals surface area contributed by atoms with E-state index in [4.69, 9.17) is 0 Å². The predicted molar refractivity (Wildman–Crippen MR) is 49.4 cm³/mol. The summed E-state index contributed by atoms with van der Waals surface area (Å²) in [5, 5.41) is 0. The molecule has 0 bridgehead atoms. The van der Waals surface area contributed by atoms with Gasteiger partial charge in [-0.15, -0.1) is 0 Å². The van der Waals surface area contributed by atoms with Crippen LogP contribution in [0.2, 0.25) is 0 Å². The van der Waals surface area contributed by atoms with Gasteiger partial charge in [-0.1, -0.05) is 0 Å². The molecule has 0 aliphatic carbocycles. The summed E-state index contributed by atoms with van der Waals surface area (Å²) in [4.78, 5) is 0. The Bertz CT molecular complexity index is 101. The van der Waals surface area contributed by atoms with Crippen molar-refractivity contribution in [1.82, 2.24) is 0 Å². The molecule has 0 atom stereocenters. The van der Waals surface area contributed by atoms with Crippen LogP contribution in [0.1, 0.15) is 6.42 Å².